The van der Waals surface area contributed by atoms with E-state index in [1.807, 2.05) is 0 Å². The predicted molar refractivity (Wildman–Crippen MR) is 45.5 cm³/mol. The second-order valence-electron chi connectivity index (χ2n) is 2.22. The molecule has 1 aromatic rings. The molecule has 0 aliphatic heterocycles. The molecule has 1 rings (SSSR count). The van der Waals surface area contributed by atoms with Gasteiger partial charge in [-0.15, -0.1) is 10.2 Å². The summed E-state index contributed by atoms with van der Waals surface area (Å²) in [5.74, 6) is -0.196. The second kappa shape index (κ2) is 4.13. The molecule has 0 saturated carbocycles. The van der Waals surface area contributed by atoms with Crippen molar-refractivity contribution < 1.29 is 9.53 Å². The summed E-state index contributed by atoms with van der Waals surface area (Å²) in [4.78, 5) is 15.0. The van der Waals surface area contributed by atoms with Gasteiger partial charge in [0.25, 0.3) is 0 Å². The highest BCUT2D eigenvalue weighted by Gasteiger charge is 2.15. The highest BCUT2D eigenvalue weighted by atomic mass is 35.5. The Morgan fingerprint density at radius 2 is 2.23 bits per heavy atom. The molecule has 1 aromatic heterocycles. The normalized spacial score (nSPS) is 9.77. The monoisotopic (exact) mass is 201 g/mol. The number of carbonyl (C=O) groups is 1. The number of aryl methyl sites for hydroxylation is 1. The van der Waals surface area contributed by atoms with Crippen molar-refractivity contribution in [2.24, 2.45) is 0 Å². The summed E-state index contributed by atoms with van der Waals surface area (Å²) in [5.41, 5.74) is 0.0102. The minimum absolute atomic E-state index is 0.0102. The number of nitrogens with zero attached hydrogens (tertiary/aromatic N) is 3. The highest BCUT2D eigenvalue weighted by molar-refractivity contribution is 6.31. The molecule has 0 fully saturated rings. The third-order valence-corrected chi connectivity index (χ3v) is 1.47. The SMILES string of the molecule is CCOC(=O)c1nc(C)nnc1Cl. The minimum Gasteiger partial charge on any atom is -0.461 e. The fourth-order valence-electron chi connectivity index (χ4n) is 0.723. The first-order chi connectivity index (χ1) is 6.15. The molecule has 0 atom stereocenters. The van der Waals surface area contributed by atoms with Gasteiger partial charge in [-0.3, -0.25) is 0 Å². The van der Waals surface area contributed by atoms with Gasteiger partial charge >= 0.3 is 5.97 Å². The molecule has 0 aliphatic rings. The molecule has 5 nitrogen and oxygen atoms in total. The molecule has 0 N–H and O–H groups in total. The van der Waals surface area contributed by atoms with Crippen molar-refractivity contribution in [3.8, 4) is 0 Å². The van der Waals surface area contributed by atoms with Crippen molar-refractivity contribution in [3.05, 3.63) is 16.7 Å². The third kappa shape index (κ3) is 2.35. The Morgan fingerprint density at radius 3 is 2.85 bits per heavy atom. The zero-order valence-electron chi connectivity index (χ0n) is 7.24. The smallest absolute Gasteiger partial charge is 0.360 e. The first-order valence-electron chi connectivity index (χ1n) is 3.69. The standard InChI is InChI=1S/C7H8ClN3O2/c1-3-13-7(12)5-6(8)11-10-4(2)9-5/h3H2,1-2H3. The summed E-state index contributed by atoms with van der Waals surface area (Å²) in [6.07, 6.45) is 0. The Balaban J connectivity index is 2.99. The number of hydrogen-bond donors (Lipinski definition) is 0. The number of ether oxygens (including phenoxy) is 1. The molecule has 13 heavy (non-hydrogen) atoms. The van der Waals surface area contributed by atoms with E-state index in [1.54, 1.807) is 13.8 Å². The summed E-state index contributed by atoms with van der Waals surface area (Å²) in [5, 5.41) is 7.08. The Hall–Kier alpha value is -1.23. The van der Waals surface area contributed by atoms with Crippen LogP contribution in [0.4, 0.5) is 0 Å². The van der Waals surface area contributed by atoms with Crippen molar-refractivity contribution in [2.45, 2.75) is 13.8 Å². The van der Waals surface area contributed by atoms with Crippen LogP contribution in [0.1, 0.15) is 23.2 Å². The first-order valence-corrected chi connectivity index (χ1v) is 4.07. The maximum atomic E-state index is 11.2. The lowest BCUT2D eigenvalue weighted by atomic mass is 10.4. The number of hydrogen-bond acceptors (Lipinski definition) is 5. The maximum Gasteiger partial charge on any atom is 0.360 e. The van der Waals surface area contributed by atoms with E-state index in [9.17, 15) is 4.79 Å². The number of esters is 1. The van der Waals surface area contributed by atoms with Crippen LogP contribution in [0.2, 0.25) is 5.15 Å². The number of rotatable bonds is 2. The van der Waals surface area contributed by atoms with E-state index in [0.717, 1.165) is 0 Å². The molecular formula is C7H8ClN3O2. The van der Waals surface area contributed by atoms with Crippen molar-refractivity contribution >= 4 is 17.6 Å². The zero-order valence-corrected chi connectivity index (χ0v) is 8.00. The van der Waals surface area contributed by atoms with Crippen LogP contribution >= 0.6 is 11.6 Å². The van der Waals surface area contributed by atoms with Gasteiger partial charge in [0.2, 0.25) is 0 Å². The molecule has 0 bridgehead atoms. The number of aromatic nitrogens is 3. The van der Waals surface area contributed by atoms with Crippen LogP contribution in [0, 0.1) is 6.92 Å². The Labute approximate surface area is 80.1 Å². The third-order valence-electron chi connectivity index (χ3n) is 1.22. The molecule has 0 saturated heterocycles. The first kappa shape index (κ1) is 9.85. The van der Waals surface area contributed by atoms with Crippen molar-refractivity contribution in [1.29, 1.82) is 0 Å². The van der Waals surface area contributed by atoms with E-state index < -0.39 is 5.97 Å². The summed E-state index contributed by atoms with van der Waals surface area (Å²) in [6.45, 7) is 3.59. The van der Waals surface area contributed by atoms with E-state index in [-0.39, 0.29) is 17.5 Å². The largest absolute Gasteiger partial charge is 0.461 e. The van der Waals surface area contributed by atoms with E-state index in [4.69, 9.17) is 16.3 Å². The molecule has 0 aliphatic carbocycles. The summed E-state index contributed by atoms with van der Waals surface area (Å²) < 4.78 is 4.71. The van der Waals surface area contributed by atoms with Crippen LogP contribution in [0.3, 0.4) is 0 Å². The van der Waals surface area contributed by atoms with Crippen molar-refractivity contribution in [2.75, 3.05) is 6.61 Å². The minimum atomic E-state index is -0.578. The molecule has 0 amide bonds. The van der Waals surface area contributed by atoms with Gasteiger partial charge in [-0.2, -0.15) is 0 Å². The van der Waals surface area contributed by atoms with Gasteiger partial charge in [-0.25, -0.2) is 9.78 Å². The fourth-order valence-corrected chi connectivity index (χ4v) is 0.880. The van der Waals surface area contributed by atoms with Crippen LogP contribution in [0.25, 0.3) is 0 Å². The fraction of sp³-hybridized carbons (Fsp3) is 0.429. The van der Waals surface area contributed by atoms with Gasteiger partial charge in [0, 0.05) is 0 Å². The maximum absolute atomic E-state index is 11.2. The van der Waals surface area contributed by atoms with Gasteiger partial charge in [0.15, 0.2) is 10.8 Å². The molecule has 0 aromatic carbocycles. The summed E-state index contributed by atoms with van der Waals surface area (Å²) >= 11 is 5.59. The topological polar surface area (TPSA) is 65.0 Å². The van der Waals surface area contributed by atoms with E-state index in [0.29, 0.717) is 5.82 Å². The van der Waals surface area contributed by atoms with Gasteiger partial charge in [-0.1, -0.05) is 11.6 Å². The second-order valence-corrected chi connectivity index (χ2v) is 2.58. The van der Waals surface area contributed by atoms with Crippen molar-refractivity contribution in [3.63, 3.8) is 0 Å². The van der Waals surface area contributed by atoms with Crippen LogP contribution in [-0.2, 0) is 4.74 Å². The van der Waals surface area contributed by atoms with Crippen LogP contribution in [0.15, 0.2) is 0 Å². The van der Waals surface area contributed by atoms with Gasteiger partial charge < -0.3 is 4.74 Å². The lowest BCUT2D eigenvalue weighted by molar-refractivity contribution is 0.0518. The summed E-state index contributed by atoms with van der Waals surface area (Å²) in [7, 11) is 0. The molecule has 0 unspecified atom stereocenters. The van der Waals surface area contributed by atoms with E-state index in [1.165, 1.54) is 0 Å². The molecule has 0 radical (unpaired) electrons. The van der Waals surface area contributed by atoms with E-state index in [2.05, 4.69) is 15.2 Å². The van der Waals surface area contributed by atoms with E-state index >= 15 is 0 Å². The molecule has 1 heterocycles. The number of carbonyl (C=O) groups excluding carboxylic acids is 1. The Bertz CT molecular complexity index is 330. The Kier molecular flexibility index (Phi) is 3.13. The molecular weight excluding hydrogens is 194 g/mol. The predicted octanol–water partition coefficient (Wildman–Crippen LogP) is 1.01. The average molecular weight is 202 g/mol. The van der Waals surface area contributed by atoms with Crippen LogP contribution in [0.5, 0.6) is 0 Å². The van der Waals surface area contributed by atoms with Gasteiger partial charge in [0.05, 0.1) is 6.61 Å². The average Bonchev–Trinajstić information content (AvgIpc) is 2.09. The molecule has 0 spiro atoms. The molecule has 70 valence electrons. The quantitative estimate of drug-likeness (QED) is 0.669. The lowest BCUT2D eigenvalue weighted by Gasteiger charge is -2.01. The van der Waals surface area contributed by atoms with Gasteiger partial charge in [-0.05, 0) is 13.8 Å². The molecule has 6 heteroatoms. The highest BCUT2D eigenvalue weighted by Crippen LogP contribution is 2.09. The van der Waals surface area contributed by atoms with Crippen molar-refractivity contribution in [1.82, 2.24) is 15.2 Å². The van der Waals surface area contributed by atoms with Crippen LogP contribution in [-0.4, -0.2) is 27.8 Å². The summed E-state index contributed by atoms with van der Waals surface area (Å²) in [6, 6.07) is 0. The van der Waals surface area contributed by atoms with Crippen LogP contribution < -0.4 is 0 Å². The Morgan fingerprint density at radius 1 is 1.54 bits per heavy atom. The zero-order chi connectivity index (χ0) is 9.84. The van der Waals surface area contributed by atoms with Gasteiger partial charge in [0.1, 0.15) is 5.82 Å². The lowest BCUT2D eigenvalue weighted by Crippen LogP contribution is -2.10. The number of halogens is 1.